The first-order chi connectivity index (χ1) is 13.5. The topological polar surface area (TPSA) is 91.0 Å². The van der Waals surface area contributed by atoms with E-state index in [-0.39, 0.29) is 22.3 Å². The molecule has 0 aromatic heterocycles. The zero-order chi connectivity index (χ0) is 20.1. The van der Waals surface area contributed by atoms with Crippen molar-refractivity contribution in [3.05, 3.63) is 74.4 Å². The van der Waals surface area contributed by atoms with Gasteiger partial charge in [-0.05, 0) is 30.7 Å². The summed E-state index contributed by atoms with van der Waals surface area (Å²) >= 11 is 5.82. The summed E-state index contributed by atoms with van der Waals surface area (Å²) in [6.45, 7) is 2.65. The predicted molar refractivity (Wildman–Crippen MR) is 106 cm³/mol. The monoisotopic (exact) mass is 400 g/mol. The molecular weight excluding hydrogens is 384 g/mol. The quantitative estimate of drug-likeness (QED) is 0.219. The Kier molecular flexibility index (Phi) is 6.06. The Morgan fingerprint density at radius 1 is 1.29 bits per heavy atom. The number of nitro groups is 1. The smallest absolute Gasteiger partial charge is 0.363 e. The average molecular weight is 401 g/mol. The number of ether oxygens (including phenoxy) is 2. The largest absolute Gasteiger partial charge is 0.493 e. The maximum absolute atomic E-state index is 12.2. The molecule has 0 bridgehead atoms. The molecule has 1 heterocycles. The molecule has 8 heteroatoms. The maximum Gasteiger partial charge on any atom is 0.363 e. The number of para-hydroxylation sites is 1. The van der Waals surface area contributed by atoms with Crippen molar-refractivity contribution in [3.8, 4) is 5.75 Å². The van der Waals surface area contributed by atoms with Crippen LogP contribution < -0.4 is 4.74 Å². The standard InChI is InChI=1S/C20H17ClN2O5/c1-2-3-10-27-18-7-5-4-6-13(18)11-16-20(24)28-19(22-16)14-8-9-15(21)17(12-14)23(25)26/h4-9,11-12H,2-3,10H2,1H3/b16-11-. The van der Waals surface area contributed by atoms with Crippen molar-refractivity contribution < 1.29 is 19.2 Å². The molecule has 0 saturated carbocycles. The first-order valence-electron chi connectivity index (χ1n) is 8.68. The van der Waals surface area contributed by atoms with Gasteiger partial charge in [-0.3, -0.25) is 10.1 Å². The number of rotatable bonds is 7. The van der Waals surface area contributed by atoms with Crippen LogP contribution in [0.1, 0.15) is 30.9 Å². The highest BCUT2D eigenvalue weighted by molar-refractivity contribution is 6.32. The normalized spacial score (nSPS) is 14.7. The number of nitro benzene ring substituents is 1. The van der Waals surface area contributed by atoms with Crippen molar-refractivity contribution in [2.24, 2.45) is 4.99 Å². The lowest BCUT2D eigenvalue weighted by Gasteiger charge is -2.08. The zero-order valence-corrected chi connectivity index (χ0v) is 15.8. The number of hydrogen-bond acceptors (Lipinski definition) is 6. The summed E-state index contributed by atoms with van der Waals surface area (Å²) in [7, 11) is 0. The first kappa shape index (κ1) is 19.6. The molecule has 144 valence electrons. The number of carbonyl (C=O) groups is 1. The third-order valence-electron chi connectivity index (χ3n) is 3.98. The second-order valence-electron chi connectivity index (χ2n) is 6.00. The predicted octanol–water partition coefficient (Wildman–Crippen LogP) is 4.77. The minimum absolute atomic E-state index is 0.00686. The third kappa shape index (κ3) is 4.37. The van der Waals surface area contributed by atoms with Gasteiger partial charge in [0.1, 0.15) is 10.8 Å². The van der Waals surface area contributed by atoms with Crippen LogP contribution in [0.2, 0.25) is 5.02 Å². The van der Waals surface area contributed by atoms with Gasteiger partial charge in [0.2, 0.25) is 5.90 Å². The lowest BCUT2D eigenvalue weighted by Crippen LogP contribution is -2.06. The van der Waals surface area contributed by atoms with Gasteiger partial charge in [-0.1, -0.05) is 43.1 Å². The number of halogens is 1. The van der Waals surface area contributed by atoms with Gasteiger partial charge in [0.05, 0.1) is 11.5 Å². The molecule has 28 heavy (non-hydrogen) atoms. The van der Waals surface area contributed by atoms with Gasteiger partial charge in [-0.15, -0.1) is 0 Å². The Morgan fingerprint density at radius 2 is 2.07 bits per heavy atom. The van der Waals surface area contributed by atoms with Crippen molar-refractivity contribution in [2.45, 2.75) is 19.8 Å². The summed E-state index contributed by atoms with van der Waals surface area (Å²) < 4.78 is 10.9. The molecule has 0 atom stereocenters. The minimum atomic E-state index is -0.643. The van der Waals surface area contributed by atoms with Crippen LogP contribution in [0.15, 0.2) is 53.2 Å². The molecule has 2 aromatic carbocycles. The number of nitrogens with zero attached hydrogens (tertiary/aromatic N) is 2. The summed E-state index contributed by atoms with van der Waals surface area (Å²) in [6, 6.07) is 11.4. The van der Waals surface area contributed by atoms with E-state index in [1.54, 1.807) is 6.08 Å². The van der Waals surface area contributed by atoms with Crippen molar-refractivity contribution in [1.29, 1.82) is 0 Å². The second kappa shape index (κ2) is 8.67. The Hall–Kier alpha value is -3.19. The lowest BCUT2D eigenvalue weighted by atomic mass is 10.1. The molecule has 0 saturated heterocycles. The zero-order valence-electron chi connectivity index (χ0n) is 15.1. The molecule has 3 rings (SSSR count). The molecule has 0 aliphatic carbocycles. The van der Waals surface area contributed by atoms with Crippen LogP contribution in [0, 0.1) is 10.1 Å². The average Bonchev–Trinajstić information content (AvgIpc) is 3.04. The molecule has 1 aliphatic heterocycles. The number of unbranched alkanes of at least 4 members (excludes halogenated alkanes) is 1. The van der Waals surface area contributed by atoms with Gasteiger partial charge in [-0.25, -0.2) is 9.79 Å². The van der Waals surface area contributed by atoms with Crippen LogP contribution in [0.5, 0.6) is 5.75 Å². The molecule has 0 amide bonds. The number of hydrogen-bond donors (Lipinski definition) is 0. The Morgan fingerprint density at radius 3 is 2.82 bits per heavy atom. The number of esters is 1. The van der Waals surface area contributed by atoms with E-state index < -0.39 is 10.9 Å². The summed E-state index contributed by atoms with van der Waals surface area (Å²) in [5.41, 5.74) is 0.780. The summed E-state index contributed by atoms with van der Waals surface area (Å²) in [5, 5.41) is 11.0. The van der Waals surface area contributed by atoms with Crippen LogP contribution >= 0.6 is 11.6 Å². The highest BCUT2D eigenvalue weighted by atomic mass is 35.5. The van der Waals surface area contributed by atoms with Gasteiger partial charge in [0, 0.05) is 17.2 Å². The summed E-state index contributed by atoms with van der Waals surface area (Å²) in [6.07, 6.45) is 3.50. The van der Waals surface area contributed by atoms with Crippen LogP contribution in [0.25, 0.3) is 6.08 Å². The van der Waals surface area contributed by atoms with E-state index in [0.29, 0.717) is 23.5 Å². The van der Waals surface area contributed by atoms with E-state index in [9.17, 15) is 14.9 Å². The third-order valence-corrected chi connectivity index (χ3v) is 4.30. The van der Waals surface area contributed by atoms with E-state index in [4.69, 9.17) is 21.1 Å². The number of carbonyl (C=O) groups excluding carboxylic acids is 1. The number of aliphatic imine (C=N–C) groups is 1. The van der Waals surface area contributed by atoms with Crippen LogP contribution in [-0.2, 0) is 9.53 Å². The number of cyclic esters (lactones) is 1. The van der Waals surface area contributed by atoms with E-state index >= 15 is 0 Å². The molecular formula is C20H17ClN2O5. The first-order valence-corrected chi connectivity index (χ1v) is 9.06. The van der Waals surface area contributed by atoms with Crippen molar-refractivity contribution in [2.75, 3.05) is 6.61 Å². The van der Waals surface area contributed by atoms with Crippen molar-refractivity contribution >= 4 is 35.2 Å². The van der Waals surface area contributed by atoms with Gasteiger partial charge < -0.3 is 9.47 Å². The van der Waals surface area contributed by atoms with E-state index in [0.717, 1.165) is 12.8 Å². The van der Waals surface area contributed by atoms with Crippen molar-refractivity contribution in [3.63, 3.8) is 0 Å². The molecule has 7 nitrogen and oxygen atoms in total. The van der Waals surface area contributed by atoms with E-state index in [2.05, 4.69) is 11.9 Å². The Balaban J connectivity index is 1.91. The summed E-state index contributed by atoms with van der Waals surface area (Å²) in [5.74, 6) is -0.0154. The Labute approximate surface area is 166 Å². The highest BCUT2D eigenvalue weighted by Crippen LogP contribution is 2.28. The molecule has 0 radical (unpaired) electrons. The second-order valence-corrected chi connectivity index (χ2v) is 6.41. The minimum Gasteiger partial charge on any atom is -0.493 e. The molecule has 2 aromatic rings. The molecule has 0 fully saturated rings. The number of benzene rings is 2. The Bertz CT molecular complexity index is 984. The molecule has 0 spiro atoms. The fourth-order valence-corrected chi connectivity index (χ4v) is 2.71. The SMILES string of the molecule is CCCCOc1ccccc1/C=C1\N=C(c2ccc(Cl)c([N+](=O)[O-])c2)OC1=O. The summed E-state index contributed by atoms with van der Waals surface area (Å²) in [4.78, 5) is 26.8. The maximum atomic E-state index is 12.2. The van der Waals surface area contributed by atoms with E-state index in [1.807, 2.05) is 24.3 Å². The lowest BCUT2D eigenvalue weighted by molar-refractivity contribution is -0.384. The van der Waals surface area contributed by atoms with Gasteiger partial charge >= 0.3 is 5.97 Å². The fraction of sp³-hybridized carbons (Fsp3) is 0.200. The van der Waals surface area contributed by atoms with Gasteiger partial charge in [0.25, 0.3) is 5.69 Å². The van der Waals surface area contributed by atoms with Crippen molar-refractivity contribution in [1.82, 2.24) is 0 Å². The fourth-order valence-electron chi connectivity index (χ4n) is 2.52. The molecule has 0 unspecified atom stereocenters. The molecule has 1 aliphatic rings. The molecule has 0 N–H and O–H groups in total. The van der Waals surface area contributed by atoms with Gasteiger partial charge in [-0.2, -0.15) is 0 Å². The van der Waals surface area contributed by atoms with E-state index in [1.165, 1.54) is 18.2 Å². The van der Waals surface area contributed by atoms with Crippen LogP contribution in [0.4, 0.5) is 5.69 Å². The highest BCUT2D eigenvalue weighted by Gasteiger charge is 2.26. The van der Waals surface area contributed by atoms with Gasteiger partial charge in [0.15, 0.2) is 5.70 Å². The van der Waals surface area contributed by atoms with Crippen LogP contribution in [0.3, 0.4) is 0 Å². The van der Waals surface area contributed by atoms with Crippen LogP contribution in [-0.4, -0.2) is 23.4 Å².